The zero-order chi connectivity index (χ0) is 29.2. The summed E-state index contributed by atoms with van der Waals surface area (Å²) in [4.78, 5) is 12.2. The zero-order valence-electron chi connectivity index (χ0n) is 24.6. The summed E-state index contributed by atoms with van der Waals surface area (Å²) < 4.78 is 16.3. The maximum atomic E-state index is 12.2. The number of rotatable bonds is 14. The van der Waals surface area contributed by atoms with Crippen LogP contribution in [0.1, 0.15) is 44.1 Å². The van der Waals surface area contributed by atoms with Crippen LogP contribution < -0.4 is 31.0 Å². The highest BCUT2D eigenvalue weighted by atomic mass is 31.2. The molecule has 216 valence electrons. The quantitative estimate of drug-likeness (QED) is 0.0769. The van der Waals surface area contributed by atoms with Crippen molar-refractivity contribution < 1.29 is 13.9 Å². The first-order valence-corrected chi connectivity index (χ1v) is 16.9. The molecule has 0 aliphatic heterocycles. The summed E-state index contributed by atoms with van der Waals surface area (Å²) in [6.45, 7) is 0. The number of fused-ring (bicyclic) bond motifs is 1. The number of aryl methyl sites for hydroxylation is 1. The monoisotopic (exact) mass is 579 g/mol. The van der Waals surface area contributed by atoms with Gasteiger partial charge in [0.1, 0.15) is 28.8 Å². The lowest BCUT2D eigenvalue weighted by molar-refractivity contribution is 0.355. The zero-order valence-corrected chi connectivity index (χ0v) is 25.5. The van der Waals surface area contributed by atoms with E-state index in [9.17, 15) is 4.79 Å². The molecule has 0 aliphatic carbocycles. The van der Waals surface area contributed by atoms with Crippen molar-refractivity contribution in [3.63, 3.8) is 0 Å². The molecule has 0 atom stereocenters. The molecule has 0 N–H and O–H groups in total. The molecular formula is C37H40O4P+. The largest absolute Gasteiger partial charge is 0.493 e. The molecule has 5 aromatic rings. The number of hydrogen-bond donors (Lipinski definition) is 0. The average Bonchev–Trinajstić information content (AvgIpc) is 3.04. The van der Waals surface area contributed by atoms with E-state index in [0.717, 1.165) is 30.2 Å². The molecule has 0 saturated carbocycles. The van der Waals surface area contributed by atoms with Gasteiger partial charge in [-0.05, 0) is 73.7 Å². The van der Waals surface area contributed by atoms with Crippen LogP contribution in [0.25, 0.3) is 11.0 Å². The lowest BCUT2D eigenvalue weighted by atomic mass is 10.0. The van der Waals surface area contributed by atoms with Crippen LogP contribution >= 0.6 is 7.26 Å². The summed E-state index contributed by atoms with van der Waals surface area (Å²) in [5.74, 6) is 1.20. The van der Waals surface area contributed by atoms with Gasteiger partial charge < -0.3 is 13.9 Å². The van der Waals surface area contributed by atoms with Gasteiger partial charge in [-0.25, -0.2) is 4.79 Å². The van der Waals surface area contributed by atoms with Gasteiger partial charge in [-0.3, -0.25) is 0 Å². The van der Waals surface area contributed by atoms with Gasteiger partial charge in [0, 0.05) is 17.5 Å². The molecule has 0 radical (unpaired) electrons. The average molecular weight is 580 g/mol. The normalized spacial score (nSPS) is 11.5. The van der Waals surface area contributed by atoms with E-state index in [2.05, 4.69) is 91.0 Å². The highest BCUT2D eigenvalue weighted by Gasteiger charge is 2.44. The molecule has 42 heavy (non-hydrogen) atoms. The van der Waals surface area contributed by atoms with Crippen LogP contribution in [0.3, 0.4) is 0 Å². The number of hydrogen-bond acceptors (Lipinski definition) is 4. The molecule has 0 fully saturated rings. The first kappa shape index (κ1) is 29.6. The highest BCUT2D eigenvalue weighted by molar-refractivity contribution is 7.95. The predicted molar refractivity (Wildman–Crippen MR) is 177 cm³/mol. The first-order valence-electron chi connectivity index (χ1n) is 14.9. The van der Waals surface area contributed by atoms with Crippen molar-refractivity contribution in [2.45, 2.75) is 44.9 Å². The second-order valence-corrected chi connectivity index (χ2v) is 14.3. The molecular weight excluding hydrogens is 539 g/mol. The molecule has 5 heteroatoms. The van der Waals surface area contributed by atoms with E-state index in [1.807, 2.05) is 6.07 Å². The van der Waals surface area contributed by atoms with Crippen molar-refractivity contribution in [2.24, 2.45) is 0 Å². The summed E-state index contributed by atoms with van der Waals surface area (Å²) in [5.41, 5.74) is 1.22. The molecule has 1 heterocycles. The van der Waals surface area contributed by atoms with Crippen molar-refractivity contribution in [1.82, 2.24) is 0 Å². The molecule has 0 amide bonds. The fourth-order valence-electron chi connectivity index (χ4n) is 6.01. The van der Waals surface area contributed by atoms with E-state index in [-0.39, 0.29) is 5.63 Å². The van der Waals surface area contributed by atoms with Crippen LogP contribution in [0.2, 0.25) is 0 Å². The van der Waals surface area contributed by atoms with E-state index in [1.165, 1.54) is 47.8 Å². The van der Waals surface area contributed by atoms with Crippen LogP contribution in [-0.2, 0) is 6.42 Å². The Morgan fingerprint density at radius 2 is 1.07 bits per heavy atom. The number of ether oxygens (including phenoxy) is 2. The van der Waals surface area contributed by atoms with Crippen molar-refractivity contribution in [2.75, 3.05) is 20.4 Å². The standard InChI is InChI=1S/C37H40O4P/c1-39-35-27-33-29(26-37(38)41-34(33)28-36(35)40-2)18-10-5-3-4-6-17-25-42(30-19-11-7-12-20-30,31-21-13-8-14-22-31)32-23-15-9-16-24-32/h7-9,11-16,19-24,26-28H,3-6,10,17-18,25H2,1-2H3/q+1. The minimum Gasteiger partial charge on any atom is -0.493 e. The van der Waals surface area contributed by atoms with Gasteiger partial charge in [0.2, 0.25) is 0 Å². The number of methoxy groups -OCH3 is 2. The van der Waals surface area contributed by atoms with Gasteiger partial charge in [-0.2, -0.15) is 0 Å². The third-order valence-corrected chi connectivity index (χ3v) is 12.6. The summed E-state index contributed by atoms with van der Waals surface area (Å²) in [6, 6.07) is 38.7. The van der Waals surface area contributed by atoms with Gasteiger partial charge in [-0.1, -0.05) is 73.9 Å². The topological polar surface area (TPSA) is 48.7 Å². The highest BCUT2D eigenvalue weighted by Crippen LogP contribution is 2.56. The van der Waals surface area contributed by atoms with E-state index < -0.39 is 7.26 Å². The van der Waals surface area contributed by atoms with Gasteiger partial charge in [0.25, 0.3) is 0 Å². The van der Waals surface area contributed by atoms with Crippen molar-refractivity contribution in [1.29, 1.82) is 0 Å². The molecule has 1 aromatic heterocycles. The lowest BCUT2D eigenvalue weighted by Crippen LogP contribution is -2.33. The Balaban J connectivity index is 1.21. The minimum absolute atomic E-state index is 0.327. The van der Waals surface area contributed by atoms with Crippen LogP contribution in [-0.4, -0.2) is 20.4 Å². The maximum Gasteiger partial charge on any atom is 0.336 e. The molecule has 0 saturated heterocycles. The molecule has 0 spiro atoms. The Labute approximate surface area is 249 Å². The van der Waals surface area contributed by atoms with Gasteiger partial charge in [0.15, 0.2) is 11.5 Å². The van der Waals surface area contributed by atoms with Crippen molar-refractivity contribution in [3.8, 4) is 11.5 Å². The Morgan fingerprint density at radius 1 is 0.595 bits per heavy atom. The number of benzene rings is 4. The van der Waals surface area contributed by atoms with E-state index in [4.69, 9.17) is 13.9 Å². The van der Waals surface area contributed by atoms with Gasteiger partial charge in [-0.15, -0.1) is 0 Å². The first-order chi connectivity index (χ1) is 20.7. The molecule has 4 nitrogen and oxygen atoms in total. The van der Waals surface area contributed by atoms with E-state index >= 15 is 0 Å². The fourth-order valence-corrected chi connectivity index (χ4v) is 10.4. The van der Waals surface area contributed by atoms with Crippen LogP contribution in [0.4, 0.5) is 0 Å². The van der Waals surface area contributed by atoms with E-state index in [0.29, 0.717) is 17.1 Å². The second kappa shape index (κ2) is 14.3. The molecule has 0 unspecified atom stereocenters. The van der Waals surface area contributed by atoms with Crippen LogP contribution in [0, 0.1) is 0 Å². The predicted octanol–water partition coefficient (Wildman–Crippen LogP) is 7.69. The van der Waals surface area contributed by atoms with Gasteiger partial charge in [0.05, 0.1) is 20.4 Å². The van der Waals surface area contributed by atoms with Crippen molar-refractivity contribution in [3.05, 3.63) is 125 Å². The summed E-state index contributed by atoms with van der Waals surface area (Å²) in [6.07, 6.45) is 8.96. The summed E-state index contributed by atoms with van der Waals surface area (Å²) >= 11 is 0. The summed E-state index contributed by atoms with van der Waals surface area (Å²) in [7, 11) is 1.45. The lowest BCUT2D eigenvalue weighted by Gasteiger charge is -2.27. The number of unbranched alkanes of at least 4 members (excludes halogenated alkanes) is 5. The molecule has 4 aromatic carbocycles. The van der Waals surface area contributed by atoms with Crippen molar-refractivity contribution >= 4 is 34.1 Å². The molecule has 5 rings (SSSR count). The van der Waals surface area contributed by atoms with Crippen LogP contribution in [0.5, 0.6) is 11.5 Å². The maximum absolute atomic E-state index is 12.2. The minimum atomic E-state index is -1.75. The molecule has 0 aliphatic rings. The third-order valence-electron chi connectivity index (χ3n) is 8.11. The SMILES string of the molecule is COc1cc2oc(=O)cc(CCCCCCCC[P+](c3ccccc3)(c3ccccc3)c3ccccc3)c2cc1OC. The Kier molecular flexibility index (Phi) is 10.1. The Hall–Kier alpha value is -3.88. The Bertz CT molecular complexity index is 1520. The third kappa shape index (κ3) is 6.61. The second-order valence-electron chi connectivity index (χ2n) is 10.7. The van der Waals surface area contributed by atoms with Crippen LogP contribution in [0.15, 0.2) is 118 Å². The van der Waals surface area contributed by atoms with E-state index in [1.54, 1.807) is 26.4 Å². The smallest absolute Gasteiger partial charge is 0.336 e. The summed E-state index contributed by atoms with van der Waals surface area (Å²) in [5, 5.41) is 5.28. The molecule has 0 bridgehead atoms. The van der Waals surface area contributed by atoms with Gasteiger partial charge >= 0.3 is 5.63 Å². The fraction of sp³-hybridized carbons (Fsp3) is 0.270. The Morgan fingerprint density at radius 3 is 1.60 bits per heavy atom.